The molecule has 0 aromatic heterocycles. The maximum absolute atomic E-state index is 13.9. The monoisotopic (exact) mass is 507 g/mol. The number of halogens is 6. The number of carboxylic acids is 1. The minimum absolute atomic E-state index is 0.00641. The second-order valence-corrected chi connectivity index (χ2v) is 9.97. The van der Waals surface area contributed by atoms with Gasteiger partial charge in [-0.15, -0.1) is 0 Å². The molecule has 0 amide bonds. The topological polar surface area (TPSA) is 66.8 Å². The number of carbonyl (C=O) groups is 1. The van der Waals surface area contributed by atoms with Crippen LogP contribution in [0.1, 0.15) is 24.8 Å². The predicted molar refractivity (Wildman–Crippen MR) is 110 cm³/mol. The molecular formula is C22H19F6NO4S. The molecule has 1 N–H and O–H groups in total. The third kappa shape index (κ3) is 4.59. The molecule has 0 radical (unpaired) electrons. The zero-order valence-corrected chi connectivity index (χ0v) is 18.3. The predicted octanol–water partition coefficient (Wildman–Crippen LogP) is 5.37. The molecule has 0 bridgehead atoms. The van der Waals surface area contributed by atoms with E-state index in [0.717, 1.165) is 18.2 Å². The Morgan fingerprint density at radius 2 is 1.88 bits per heavy atom. The summed E-state index contributed by atoms with van der Waals surface area (Å²) in [5.41, 5.74) is -3.09. The van der Waals surface area contributed by atoms with Crippen LogP contribution in [0.5, 0.6) is 5.75 Å². The lowest BCUT2D eigenvalue weighted by molar-refractivity contribution is -0.200. The van der Waals surface area contributed by atoms with Gasteiger partial charge >= 0.3 is 12.1 Å². The van der Waals surface area contributed by atoms with Gasteiger partial charge in [0.15, 0.2) is 0 Å². The summed E-state index contributed by atoms with van der Waals surface area (Å²) in [5.74, 6) is -6.11. The van der Waals surface area contributed by atoms with Crippen LogP contribution in [0.3, 0.4) is 0 Å². The van der Waals surface area contributed by atoms with Gasteiger partial charge in [-0.25, -0.2) is 13.2 Å². The first-order valence-corrected chi connectivity index (χ1v) is 11.5. The Morgan fingerprint density at radius 3 is 2.47 bits per heavy atom. The molecule has 5 nitrogen and oxygen atoms in total. The fraction of sp³-hybridized carbons (Fsp3) is 0.409. The molecule has 1 atom stereocenters. The Morgan fingerprint density at radius 1 is 1.18 bits per heavy atom. The summed E-state index contributed by atoms with van der Waals surface area (Å²) >= 11 is 0. The molecule has 1 aliphatic heterocycles. The minimum Gasteiger partial charge on any atom is -0.492 e. The van der Waals surface area contributed by atoms with E-state index in [1.165, 1.54) is 23.1 Å². The molecule has 2 aromatic carbocycles. The van der Waals surface area contributed by atoms with E-state index in [4.69, 9.17) is 4.74 Å². The van der Waals surface area contributed by atoms with Crippen molar-refractivity contribution in [1.29, 1.82) is 0 Å². The van der Waals surface area contributed by atoms with Gasteiger partial charge in [0, 0.05) is 30.8 Å². The van der Waals surface area contributed by atoms with Crippen LogP contribution >= 0.6 is 0 Å². The quantitative estimate of drug-likeness (QED) is 0.551. The third-order valence-electron chi connectivity index (χ3n) is 5.89. The molecule has 184 valence electrons. The van der Waals surface area contributed by atoms with Crippen LogP contribution in [-0.2, 0) is 21.8 Å². The number of carboxylic acid groups (broad SMARTS) is 1. The number of nitrogens with zero attached hydrogens (tertiary/aromatic N) is 1. The van der Waals surface area contributed by atoms with Crippen molar-refractivity contribution in [3.63, 3.8) is 0 Å². The van der Waals surface area contributed by atoms with E-state index in [1.54, 1.807) is 0 Å². The van der Waals surface area contributed by atoms with Gasteiger partial charge in [-0.2, -0.15) is 13.2 Å². The van der Waals surface area contributed by atoms with E-state index in [0.29, 0.717) is 6.42 Å². The molecule has 1 fully saturated rings. The Hall–Kier alpha value is -2.76. The highest BCUT2D eigenvalue weighted by Crippen LogP contribution is 2.53. The van der Waals surface area contributed by atoms with Gasteiger partial charge in [0.1, 0.15) is 23.6 Å². The minimum atomic E-state index is -4.95. The maximum Gasteiger partial charge on any atom is 0.420 e. The second kappa shape index (κ2) is 8.47. The Bertz CT molecular complexity index is 1140. The number of hydrogen-bond acceptors (Lipinski definition) is 4. The van der Waals surface area contributed by atoms with Crippen molar-refractivity contribution < 1.29 is 45.2 Å². The van der Waals surface area contributed by atoms with Crippen molar-refractivity contribution in [2.24, 2.45) is 5.41 Å². The number of ether oxygens (including phenoxy) is 1. The fourth-order valence-electron chi connectivity index (χ4n) is 4.25. The van der Waals surface area contributed by atoms with Gasteiger partial charge in [0.05, 0.1) is 26.9 Å². The first kappa shape index (κ1) is 24.4. The van der Waals surface area contributed by atoms with Crippen LogP contribution in [0.2, 0.25) is 0 Å². The molecule has 34 heavy (non-hydrogen) atoms. The SMILES string of the molecule is O=C(O)C1(COc2cc3c(cc2C(F)(F)F)N(c2cccc(F)c2)CCCS3=O)CC(F)(F)C1. The van der Waals surface area contributed by atoms with Gasteiger partial charge in [-0.3, -0.25) is 9.00 Å². The molecule has 2 aliphatic rings. The summed E-state index contributed by atoms with van der Waals surface area (Å²) in [6, 6.07) is 6.86. The van der Waals surface area contributed by atoms with Gasteiger partial charge in [-0.1, -0.05) is 6.07 Å². The summed E-state index contributed by atoms with van der Waals surface area (Å²) in [7, 11) is -1.73. The fourth-order valence-corrected chi connectivity index (χ4v) is 5.50. The average Bonchev–Trinajstić information content (AvgIpc) is 2.87. The van der Waals surface area contributed by atoms with Crippen molar-refractivity contribution >= 4 is 28.1 Å². The standard InChI is InChI=1S/C22H19F6NO4S/c23-13-3-1-4-14(7-13)29-5-2-6-34(32)18-9-17(15(8-16(18)29)22(26,27)28)33-12-20(19(30)31)10-21(24,25)11-20/h1,3-4,7-9H,2,5-6,10-12H2,(H,30,31). The molecule has 1 unspecified atom stereocenters. The number of aliphatic carboxylic acids is 1. The van der Waals surface area contributed by atoms with Crippen LogP contribution in [0.15, 0.2) is 41.3 Å². The number of benzene rings is 2. The van der Waals surface area contributed by atoms with Crippen molar-refractivity contribution in [2.75, 3.05) is 23.8 Å². The first-order valence-electron chi connectivity index (χ1n) is 10.2. The highest BCUT2D eigenvalue weighted by Gasteiger charge is 2.62. The van der Waals surface area contributed by atoms with Crippen LogP contribution < -0.4 is 9.64 Å². The smallest absolute Gasteiger partial charge is 0.420 e. The molecule has 4 rings (SSSR count). The number of fused-ring (bicyclic) bond motifs is 1. The zero-order chi connectivity index (χ0) is 24.9. The zero-order valence-electron chi connectivity index (χ0n) is 17.5. The lowest BCUT2D eigenvalue weighted by atomic mass is 9.66. The average molecular weight is 507 g/mol. The summed E-state index contributed by atoms with van der Waals surface area (Å²) in [6.45, 7) is -0.725. The van der Waals surface area contributed by atoms with Crippen molar-refractivity contribution in [2.45, 2.75) is 36.3 Å². The van der Waals surface area contributed by atoms with E-state index < -0.39 is 70.9 Å². The maximum atomic E-state index is 13.9. The molecule has 1 saturated carbocycles. The second-order valence-electron chi connectivity index (χ2n) is 8.43. The summed E-state index contributed by atoms with van der Waals surface area (Å²) < 4.78 is 100. The molecule has 1 heterocycles. The van der Waals surface area contributed by atoms with Crippen LogP contribution in [-0.4, -0.2) is 40.1 Å². The normalized spacial score (nSPS) is 21.2. The highest BCUT2D eigenvalue weighted by molar-refractivity contribution is 7.85. The molecule has 1 aliphatic carbocycles. The summed E-state index contributed by atoms with van der Waals surface area (Å²) in [5, 5.41) is 9.36. The van der Waals surface area contributed by atoms with Crippen LogP contribution in [0.4, 0.5) is 37.7 Å². The van der Waals surface area contributed by atoms with Crippen molar-refractivity contribution in [1.82, 2.24) is 0 Å². The summed E-state index contributed by atoms with van der Waals surface area (Å²) in [6.07, 6.45) is -6.72. The van der Waals surface area contributed by atoms with E-state index in [2.05, 4.69) is 0 Å². The number of rotatable bonds is 5. The Labute approximate surface area is 192 Å². The van der Waals surface area contributed by atoms with Gasteiger partial charge in [0.25, 0.3) is 5.92 Å². The molecule has 0 saturated heterocycles. The molecule has 2 aromatic rings. The van der Waals surface area contributed by atoms with Crippen LogP contribution in [0.25, 0.3) is 0 Å². The van der Waals surface area contributed by atoms with Crippen LogP contribution in [0, 0.1) is 11.2 Å². The van der Waals surface area contributed by atoms with E-state index in [1.807, 2.05) is 0 Å². The summed E-state index contributed by atoms with van der Waals surface area (Å²) in [4.78, 5) is 12.9. The van der Waals surface area contributed by atoms with Gasteiger partial charge in [-0.05, 0) is 36.8 Å². The Balaban J connectivity index is 1.77. The van der Waals surface area contributed by atoms with Crippen molar-refractivity contribution in [3.05, 3.63) is 47.8 Å². The first-order chi connectivity index (χ1) is 15.8. The number of alkyl halides is 5. The van der Waals surface area contributed by atoms with E-state index >= 15 is 0 Å². The third-order valence-corrected chi connectivity index (χ3v) is 7.36. The van der Waals surface area contributed by atoms with E-state index in [-0.39, 0.29) is 28.6 Å². The number of hydrogen-bond donors (Lipinski definition) is 1. The van der Waals surface area contributed by atoms with Gasteiger partial charge < -0.3 is 14.7 Å². The Kier molecular flexibility index (Phi) is 6.07. The van der Waals surface area contributed by atoms with E-state index in [9.17, 15) is 40.5 Å². The molecule has 0 spiro atoms. The van der Waals surface area contributed by atoms with Gasteiger partial charge in [0.2, 0.25) is 0 Å². The largest absolute Gasteiger partial charge is 0.492 e. The van der Waals surface area contributed by atoms with Crippen molar-refractivity contribution in [3.8, 4) is 5.75 Å². The lowest BCUT2D eigenvalue weighted by Gasteiger charge is -2.43. The highest BCUT2D eigenvalue weighted by atomic mass is 32.2. The lowest BCUT2D eigenvalue weighted by Crippen LogP contribution is -2.54. The molecular weight excluding hydrogens is 488 g/mol. The number of anilines is 2. The molecule has 12 heteroatoms.